The van der Waals surface area contributed by atoms with Crippen LogP contribution in [-0.4, -0.2) is 9.38 Å². The number of aromatic nitrogens is 2. The highest BCUT2D eigenvalue weighted by atomic mass is 35.5. The van der Waals surface area contributed by atoms with Crippen molar-refractivity contribution in [3.63, 3.8) is 0 Å². The van der Waals surface area contributed by atoms with Gasteiger partial charge in [0, 0.05) is 29.9 Å². The van der Waals surface area contributed by atoms with Gasteiger partial charge in [-0.2, -0.15) is 0 Å². The van der Waals surface area contributed by atoms with Crippen LogP contribution in [0.25, 0.3) is 16.9 Å². The Balaban J connectivity index is 2.13. The number of nitrogens with zero attached hydrogens (tertiary/aromatic N) is 2. The van der Waals surface area contributed by atoms with Gasteiger partial charge >= 0.3 is 0 Å². The number of rotatable bonds is 2. The van der Waals surface area contributed by atoms with Crippen molar-refractivity contribution in [3.8, 4) is 11.3 Å². The third-order valence-corrected chi connectivity index (χ3v) is 3.70. The molecule has 3 heterocycles. The van der Waals surface area contributed by atoms with E-state index in [1.165, 1.54) is 11.3 Å². The second-order valence-electron chi connectivity index (χ2n) is 3.77. The molecule has 17 heavy (non-hydrogen) atoms. The molecule has 0 aliphatic carbocycles. The van der Waals surface area contributed by atoms with Crippen LogP contribution in [0.15, 0.2) is 36.0 Å². The Morgan fingerprint density at radius 3 is 2.94 bits per heavy atom. The van der Waals surface area contributed by atoms with Crippen LogP contribution in [0, 0.1) is 0 Å². The first-order valence-electron chi connectivity index (χ1n) is 5.18. The normalized spacial score (nSPS) is 11.2. The molecule has 0 atom stereocenters. The number of fused-ring (bicyclic) bond motifs is 1. The van der Waals surface area contributed by atoms with E-state index in [4.69, 9.17) is 17.3 Å². The molecule has 0 aliphatic rings. The average Bonchev–Trinajstić information content (AvgIpc) is 2.93. The summed E-state index contributed by atoms with van der Waals surface area (Å²) in [6.45, 7) is 0.535. The van der Waals surface area contributed by atoms with Crippen molar-refractivity contribution in [2.75, 3.05) is 0 Å². The third-order valence-electron chi connectivity index (χ3n) is 2.61. The minimum absolute atomic E-state index is 0.535. The molecule has 5 heteroatoms. The fraction of sp³-hybridized carbons (Fsp3) is 0.0833. The highest BCUT2D eigenvalue weighted by Crippen LogP contribution is 2.28. The molecular formula is C12H10ClN3S. The lowest BCUT2D eigenvalue weighted by molar-refractivity contribution is 1.03. The molecule has 0 amide bonds. The van der Waals surface area contributed by atoms with Crippen molar-refractivity contribution in [2.24, 2.45) is 5.73 Å². The highest BCUT2D eigenvalue weighted by molar-refractivity contribution is 7.14. The summed E-state index contributed by atoms with van der Waals surface area (Å²) in [6.07, 6.45) is 3.99. The summed E-state index contributed by atoms with van der Waals surface area (Å²) in [5.74, 6) is 0. The molecule has 0 bridgehead atoms. The predicted molar refractivity (Wildman–Crippen MR) is 71.4 cm³/mol. The molecular weight excluding hydrogens is 254 g/mol. The van der Waals surface area contributed by atoms with Crippen molar-refractivity contribution in [1.29, 1.82) is 0 Å². The van der Waals surface area contributed by atoms with Crippen LogP contribution in [0.1, 0.15) is 5.56 Å². The topological polar surface area (TPSA) is 43.3 Å². The van der Waals surface area contributed by atoms with E-state index in [2.05, 4.69) is 4.98 Å². The number of thiophene rings is 1. The van der Waals surface area contributed by atoms with E-state index in [-0.39, 0.29) is 0 Å². The van der Waals surface area contributed by atoms with Crippen LogP contribution in [0.5, 0.6) is 0 Å². The van der Waals surface area contributed by atoms with E-state index in [1.807, 2.05) is 40.4 Å². The van der Waals surface area contributed by atoms with E-state index in [0.717, 1.165) is 26.8 Å². The van der Waals surface area contributed by atoms with Gasteiger partial charge < -0.3 is 10.1 Å². The van der Waals surface area contributed by atoms with Crippen LogP contribution in [0.4, 0.5) is 0 Å². The fourth-order valence-corrected chi connectivity index (χ4v) is 2.62. The lowest BCUT2D eigenvalue weighted by Gasteiger charge is -1.96. The van der Waals surface area contributed by atoms with Gasteiger partial charge in [-0.1, -0.05) is 17.7 Å². The summed E-state index contributed by atoms with van der Waals surface area (Å²) in [6, 6.07) is 5.89. The second-order valence-corrected chi connectivity index (χ2v) is 5.32. The number of hydrogen-bond donors (Lipinski definition) is 1. The molecule has 0 spiro atoms. The maximum Gasteiger partial charge on any atom is 0.137 e. The highest BCUT2D eigenvalue weighted by Gasteiger charge is 2.06. The zero-order valence-electron chi connectivity index (χ0n) is 8.93. The number of halogens is 1. The molecule has 0 fully saturated rings. The summed E-state index contributed by atoms with van der Waals surface area (Å²) < 4.78 is 2.77. The van der Waals surface area contributed by atoms with Crippen LogP contribution in [0.2, 0.25) is 4.34 Å². The molecule has 2 N–H and O–H groups in total. The van der Waals surface area contributed by atoms with Gasteiger partial charge in [0.25, 0.3) is 0 Å². The van der Waals surface area contributed by atoms with E-state index >= 15 is 0 Å². The SMILES string of the molecule is NCc1ccc2nc(-c3csc(Cl)c3)cn2c1. The van der Waals surface area contributed by atoms with Gasteiger partial charge in [0.2, 0.25) is 0 Å². The fourth-order valence-electron chi connectivity index (χ4n) is 1.74. The Labute approximate surface area is 107 Å². The molecule has 3 aromatic rings. The van der Waals surface area contributed by atoms with E-state index in [9.17, 15) is 0 Å². The van der Waals surface area contributed by atoms with Crippen LogP contribution < -0.4 is 5.73 Å². The standard InChI is InChI=1S/C12H10ClN3S/c13-11-3-9(7-17-11)10-6-16-5-8(4-14)1-2-12(16)15-10/h1-3,5-7H,4,14H2. The third kappa shape index (κ3) is 1.95. The quantitative estimate of drug-likeness (QED) is 0.772. The van der Waals surface area contributed by atoms with Gasteiger partial charge in [0.05, 0.1) is 10.0 Å². The summed E-state index contributed by atoms with van der Waals surface area (Å²) in [4.78, 5) is 4.54. The Morgan fingerprint density at radius 1 is 1.35 bits per heavy atom. The summed E-state index contributed by atoms with van der Waals surface area (Å²) in [5.41, 5.74) is 9.60. The summed E-state index contributed by atoms with van der Waals surface area (Å²) in [7, 11) is 0. The summed E-state index contributed by atoms with van der Waals surface area (Å²) in [5, 5.41) is 2.01. The monoisotopic (exact) mass is 263 g/mol. The minimum atomic E-state index is 0.535. The zero-order valence-corrected chi connectivity index (χ0v) is 10.5. The Bertz CT molecular complexity index is 671. The predicted octanol–water partition coefficient (Wildman–Crippen LogP) is 3.17. The average molecular weight is 264 g/mol. The molecule has 3 nitrogen and oxygen atoms in total. The smallest absolute Gasteiger partial charge is 0.137 e. The van der Waals surface area contributed by atoms with E-state index < -0.39 is 0 Å². The zero-order chi connectivity index (χ0) is 11.8. The Kier molecular flexibility index (Phi) is 2.63. The molecule has 3 aromatic heterocycles. The number of pyridine rings is 1. The maximum absolute atomic E-state index is 5.92. The van der Waals surface area contributed by atoms with E-state index in [1.54, 1.807) is 0 Å². The van der Waals surface area contributed by atoms with Gasteiger partial charge in [0.15, 0.2) is 0 Å². The minimum Gasteiger partial charge on any atom is -0.326 e. The second kappa shape index (κ2) is 4.14. The first-order valence-corrected chi connectivity index (χ1v) is 6.44. The maximum atomic E-state index is 5.92. The Hall–Kier alpha value is -1.36. The molecule has 0 radical (unpaired) electrons. The lowest BCUT2D eigenvalue weighted by atomic mass is 10.3. The molecule has 0 aromatic carbocycles. The molecule has 0 saturated carbocycles. The van der Waals surface area contributed by atoms with Gasteiger partial charge in [-0.05, 0) is 17.7 Å². The van der Waals surface area contributed by atoms with Gasteiger partial charge in [-0.15, -0.1) is 11.3 Å². The van der Waals surface area contributed by atoms with Gasteiger partial charge in [0.1, 0.15) is 5.65 Å². The number of nitrogens with two attached hydrogens (primary N) is 1. The lowest BCUT2D eigenvalue weighted by Crippen LogP contribution is -1.97. The largest absolute Gasteiger partial charge is 0.326 e. The van der Waals surface area contributed by atoms with Crippen LogP contribution in [0.3, 0.4) is 0 Å². The first kappa shape index (κ1) is 10.8. The Morgan fingerprint density at radius 2 is 2.24 bits per heavy atom. The number of hydrogen-bond acceptors (Lipinski definition) is 3. The molecule has 86 valence electrons. The van der Waals surface area contributed by atoms with Crippen molar-refractivity contribution >= 4 is 28.6 Å². The molecule has 0 saturated heterocycles. The first-order chi connectivity index (χ1) is 8.26. The van der Waals surface area contributed by atoms with Crippen molar-refractivity contribution in [1.82, 2.24) is 9.38 Å². The van der Waals surface area contributed by atoms with Crippen LogP contribution in [-0.2, 0) is 6.54 Å². The van der Waals surface area contributed by atoms with E-state index in [0.29, 0.717) is 6.54 Å². The van der Waals surface area contributed by atoms with Gasteiger partial charge in [-0.3, -0.25) is 0 Å². The molecule has 3 rings (SSSR count). The molecule has 0 unspecified atom stereocenters. The molecule has 0 aliphatic heterocycles. The number of imidazole rings is 1. The van der Waals surface area contributed by atoms with Crippen LogP contribution >= 0.6 is 22.9 Å². The van der Waals surface area contributed by atoms with Gasteiger partial charge in [-0.25, -0.2) is 4.98 Å². The van der Waals surface area contributed by atoms with Crippen molar-refractivity contribution in [2.45, 2.75) is 6.54 Å². The van der Waals surface area contributed by atoms with Crippen molar-refractivity contribution < 1.29 is 0 Å². The van der Waals surface area contributed by atoms with Crippen molar-refractivity contribution in [3.05, 3.63) is 45.9 Å². The summed E-state index contributed by atoms with van der Waals surface area (Å²) >= 11 is 7.44.